The molecule has 4 nitrogen and oxygen atoms in total. The number of aliphatic hydroxyl groups is 1. The van der Waals surface area contributed by atoms with E-state index in [2.05, 4.69) is 0 Å². The molecule has 0 saturated heterocycles. The van der Waals surface area contributed by atoms with Gasteiger partial charge in [-0.05, 0) is 6.42 Å². The van der Waals surface area contributed by atoms with Crippen LogP contribution in [-0.2, 0) is 10.0 Å². The van der Waals surface area contributed by atoms with Crippen LogP contribution in [0.25, 0.3) is 0 Å². The predicted octanol–water partition coefficient (Wildman–Crippen LogP) is -0.101. The first-order valence-electron chi connectivity index (χ1n) is 3.34. The van der Waals surface area contributed by atoms with E-state index in [-0.39, 0.29) is 6.42 Å². The summed E-state index contributed by atoms with van der Waals surface area (Å²) in [5, 5.41) is 8.50. The summed E-state index contributed by atoms with van der Waals surface area (Å²) in [5.74, 6) is -3.45. The minimum absolute atomic E-state index is 0.266. The average molecular weight is 203 g/mol. The van der Waals surface area contributed by atoms with E-state index in [4.69, 9.17) is 5.11 Å². The molecule has 0 fully saturated rings. The van der Waals surface area contributed by atoms with E-state index < -0.39 is 28.4 Å². The topological polar surface area (TPSA) is 66.4 Å². The Morgan fingerprint density at radius 3 is 2.25 bits per heavy atom. The molecule has 0 amide bonds. The van der Waals surface area contributed by atoms with Crippen molar-refractivity contribution in [2.75, 3.05) is 6.61 Å². The largest absolute Gasteiger partial charge is 0.395 e. The molecular weight excluding hydrogens is 192 g/mol. The van der Waals surface area contributed by atoms with Crippen LogP contribution in [0.2, 0.25) is 0 Å². The van der Waals surface area contributed by atoms with E-state index in [9.17, 15) is 17.2 Å². The van der Waals surface area contributed by atoms with Crippen LogP contribution in [0.3, 0.4) is 0 Å². The van der Waals surface area contributed by atoms with E-state index in [0.29, 0.717) is 0 Å². The molecule has 12 heavy (non-hydrogen) atoms. The third-order valence-electron chi connectivity index (χ3n) is 1.28. The zero-order valence-electron chi connectivity index (χ0n) is 6.50. The van der Waals surface area contributed by atoms with Crippen LogP contribution >= 0.6 is 0 Å². The number of sulfonamides is 1. The molecule has 7 heteroatoms. The second kappa shape index (κ2) is 4.68. The molecule has 0 rings (SSSR count). The normalized spacial score (nSPS) is 15.1. The standard InChI is InChI=1S/C5H11F2NO3S/c1-2-4(3-9)8-12(10,11)5(6)7/h4-5,8-9H,2-3H2,1H3/t4-/m1/s1. The lowest BCUT2D eigenvalue weighted by atomic mass is 10.3. The van der Waals surface area contributed by atoms with Crippen LogP contribution in [-0.4, -0.2) is 31.9 Å². The molecule has 0 saturated carbocycles. The van der Waals surface area contributed by atoms with Crippen molar-refractivity contribution in [1.82, 2.24) is 4.72 Å². The summed E-state index contributed by atoms with van der Waals surface area (Å²) in [6.45, 7) is 1.09. The van der Waals surface area contributed by atoms with E-state index >= 15 is 0 Å². The Balaban J connectivity index is 4.23. The first kappa shape index (κ1) is 11.7. The van der Waals surface area contributed by atoms with Crippen molar-refractivity contribution in [2.24, 2.45) is 0 Å². The highest BCUT2D eigenvalue weighted by Gasteiger charge is 2.26. The molecule has 0 heterocycles. The number of nitrogens with one attached hydrogen (secondary N) is 1. The van der Waals surface area contributed by atoms with Crippen LogP contribution in [0.1, 0.15) is 13.3 Å². The molecule has 0 unspecified atom stereocenters. The molecule has 0 radical (unpaired) electrons. The Hall–Kier alpha value is -0.270. The summed E-state index contributed by atoms with van der Waals surface area (Å²) < 4.78 is 46.1. The fraction of sp³-hybridized carbons (Fsp3) is 1.00. The lowest BCUT2D eigenvalue weighted by molar-refractivity contribution is 0.223. The van der Waals surface area contributed by atoms with Gasteiger partial charge in [0.15, 0.2) is 0 Å². The van der Waals surface area contributed by atoms with E-state index in [1.165, 1.54) is 0 Å². The van der Waals surface area contributed by atoms with Gasteiger partial charge in [-0.25, -0.2) is 13.1 Å². The molecule has 0 aliphatic rings. The molecule has 74 valence electrons. The zero-order valence-corrected chi connectivity index (χ0v) is 7.31. The molecular formula is C5H11F2NO3S. The fourth-order valence-corrected chi connectivity index (χ4v) is 1.34. The Morgan fingerprint density at radius 2 is 2.00 bits per heavy atom. The smallest absolute Gasteiger partial charge is 0.350 e. The highest BCUT2D eigenvalue weighted by molar-refractivity contribution is 7.89. The van der Waals surface area contributed by atoms with Gasteiger partial charge in [-0.1, -0.05) is 6.92 Å². The van der Waals surface area contributed by atoms with Crippen LogP contribution in [0.15, 0.2) is 0 Å². The first-order valence-corrected chi connectivity index (χ1v) is 4.88. The lowest BCUT2D eigenvalue weighted by Gasteiger charge is -2.13. The van der Waals surface area contributed by atoms with Gasteiger partial charge in [0.25, 0.3) is 10.0 Å². The Labute approximate surface area is 69.6 Å². The van der Waals surface area contributed by atoms with Crippen molar-refractivity contribution < 1.29 is 22.3 Å². The second-order valence-electron chi connectivity index (χ2n) is 2.21. The van der Waals surface area contributed by atoms with Crippen molar-refractivity contribution in [3.05, 3.63) is 0 Å². The van der Waals surface area contributed by atoms with Gasteiger partial charge in [-0.2, -0.15) is 8.78 Å². The molecule has 0 aromatic heterocycles. The zero-order chi connectivity index (χ0) is 9.78. The molecule has 2 N–H and O–H groups in total. The Morgan fingerprint density at radius 1 is 1.50 bits per heavy atom. The van der Waals surface area contributed by atoms with Gasteiger partial charge in [-0.3, -0.25) is 0 Å². The van der Waals surface area contributed by atoms with Gasteiger partial charge in [0.1, 0.15) is 0 Å². The lowest BCUT2D eigenvalue weighted by Crippen LogP contribution is -2.39. The molecule has 0 aromatic rings. The molecule has 1 atom stereocenters. The Kier molecular flexibility index (Phi) is 4.58. The number of hydrogen-bond acceptors (Lipinski definition) is 3. The van der Waals surface area contributed by atoms with Gasteiger partial charge < -0.3 is 5.11 Å². The number of hydrogen-bond donors (Lipinski definition) is 2. The predicted molar refractivity (Wildman–Crippen MR) is 39.2 cm³/mol. The van der Waals surface area contributed by atoms with Crippen LogP contribution < -0.4 is 4.72 Å². The van der Waals surface area contributed by atoms with Crippen molar-refractivity contribution in [3.8, 4) is 0 Å². The summed E-state index contributed by atoms with van der Waals surface area (Å²) in [6.07, 6.45) is 0.266. The third-order valence-corrected chi connectivity index (χ3v) is 2.41. The minimum atomic E-state index is -4.56. The fourth-order valence-electron chi connectivity index (χ4n) is 0.533. The monoisotopic (exact) mass is 203 g/mol. The van der Waals surface area contributed by atoms with Gasteiger partial charge >= 0.3 is 5.76 Å². The van der Waals surface area contributed by atoms with E-state index in [0.717, 1.165) is 0 Å². The van der Waals surface area contributed by atoms with Crippen molar-refractivity contribution in [3.63, 3.8) is 0 Å². The number of aliphatic hydroxyl groups excluding tert-OH is 1. The van der Waals surface area contributed by atoms with Crippen molar-refractivity contribution >= 4 is 10.0 Å². The second-order valence-corrected chi connectivity index (χ2v) is 3.89. The van der Waals surface area contributed by atoms with Crippen molar-refractivity contribution in [2.45, 2.75) is 25.1 Å². The van der Waals surface area contributed by atoms with Gasteiger partial charge in [0, 0.05) is 6.04 Å². The minimum Gasteiger partial charge on any atom is -0.395 e. The SMILES string of the molecule is CC[C@H](CO)NS(=O)(=O)C(F)F. The van der Waals surface area contributed by atoms with Crippen molar-refractivity contribution in [1.29, 1.82) is 0 Å². The van der Waals surface area contributed by atoms with E-state index in [1.807, 2.05) is 0 Å². The van der Waals surface area contributed by atoms with Gasteiger partial charge in [-0.15, -0.1) is 0 Å². The van der Waals surface area contributed by atoms with Crippen LogP contribution in [0.4, 0.5) is 8.78 Å². The Bertz CT molecular complexity index is 213. The maximum Gasteiger partial charge on any atom is 0.350 e. The van der Waals surface area contributed by atoms with Crippen LogP contribution in [0.5, 0.6) is 0 Å². The maximum atomic E-state index is 11.7. The summed E-state index contributed by atoms with van der Waals surface area (Å²) in [7, 11) is -4.56. The van der Waals surface area contributed by atoms with Gasteiger partial charge in [0.2, 0.25) is 0 Å². The van der Waals surface area contributed by atoms with E-state index in [1.54, 1.807) is 11.6 Å². The highest BCUT2D eigenvalue weighted by atomic mass is 32.2. The summed E-state index contributed by atoms with van der Waals surface area (Å²) >= 11 is 0. The number of halogens is 2. The molecule has 0 bridgehead atoms. The average Bonchev–Trinajstić information content (AvgIpc) is 2.00. The first-order chi connectivity index (χ1) is 5.44. The molecule has 0 aliphatic carbocycles. The maximum absolute atomic E-state index is 11.7. The number of rotatable bonds is 5. The quantitative estimate of drug-likeness (QED) is 0.655. The molecule has 0 spiro atoms. The highest BCUT2D eigenvalue weighted by Crippen LogP contribution is 2.03. The number of alkyl halides is 2. The van der Waals surface area contributed by atoms with Crippen LogP contribution in [0, 0.1) is 0 Å². The molecule has 0 aliphatic heterocycles. The summed E-state index contributed by atoms with van der Waals surface area (Å²) in [4.78, 5) is 0. The van der Waals surface area contributed by atoms with Gasteiger partial charge in [0.05, 0.1) is 6.61 Å². The summed E-state index contributed by atoms with van der Waals surface area (Å²) in [6, 6.07) is -0.830. The molecule has 0 aromatic carbocycles. The third kappa shape index (κ3) is 3.42. The summed E-state index contributed by atoms with van der Waals surface area (Å²) in [5.41, 5.74) is 0.